The second-order valence-electron chi connectivity index (χ2n) is 3.79. The fraction of sp³-hybridized carbons (Fsp3) is 0.667. The second kappa shape index (κ2) is 7.45. The van der Waals surface area contributed by atoms with E-state index in [0.717, 1.165) is 37.6 Å². The summed E-state index contributed by atoms with van der Waals surface area (Å²) < 4.78 is 5.09. The molecule has 1 rings (SSSR count). The van der Waals surface area contributed by atoms with E-state index in [1.165, 1.54) is 0 Å². The standard InChI is InChI=1S/C12H20ClN3O/c1-4-6-11-14-10(13)9-12(15-11)16(5-2)7-8-17-3/h9H,4-8H2,1-3H3. The highest BCUT2D eigenvalue weighted by atomic mass is 35.5. The number of aromatic nitrogens is 2. The van der Waals surface area contributed by atoms with E-state index in [0.29, 0.717) is 11.8 Å². The molecule has 0 aliphatic rings. The molecule has 0 spiro atoms. The van der Waals surface area contributed by atoms with Gasteiger partial charge in [0.15, 0.2) is 0 Å². The van der Waals surface area contributed by atoms with Crippen LogP contribution in [0.2, 0.25) is 5.15 Å². The number of rotatable bonds is 7. The van der Waals surface area contributed by atoms with Crippen molar-refractivity contribution in [3.05, 3.63) is 17.0 Å². The van der Waals surface area contributed by atoms with Crippen molar-refractivity contribution in [2.45, 2.75) is 26.7 Å². The average Bonchev–Trinajstić information content (AvgIpc) is 2.30. The van der Waals surface area contributed by atoms with Crippen molar-refractivity contribution in [1.29, 1.82) is 0 Å². The first-order valence-corrected chi connectivity index (χ1v) is 6.36. The zero-order valence-corrected chi connectivity index (χ0v) is 11.5. The molecule has 0 unspecified atom stereocenters. The van der Waals surface area contributed by atoms with Crippen LogP contribution in [0.1, 0.15) is 26.1 Å². The number of halogens is 1. The van der Waals surface area contributed by atoms with E-state index in [1.54, 1.807) is 13.2 Å². The van der Waals surface area contributed by atoms with Gasteiger partial charge in [0.2, 0.25) is 0 Å². The average molecular weight is 258 g/mol. The number of ether oxygens (including phenoxy) is 1. The maximum absolute atomic E-state index is 6.01. The van der Waals surface area contributed by atoms with E-state index in [2.05, 4.69) is 28.7 Å². The molecule has 0 bridgehead atoms. The summed E-state index contributed by atoms with van der Waals surface area (Å²) in [5, 5.41) is 0.509. The molecule has 0 saturated heterocycles. The lowest BCUT2D eigenvalue weighted by Crippen LogP contribution is -2.28. The number of nitrogens with zero attached hydrogens (tertiary/aromatic N) is 3. The van der Waals surface area contributed by atoms with Crippen LogP contribution in [-0.2, 0) is 11.2 Å². The van der Waals surface area contributed by atoms with Gasteiger partial charge in [0.25, 0.3) is 0 Å². The summed E-state index contributed by atoms with van der Waals surface area (Å²) >= 11 is 6.01. The summed E-state index contributed by atoms with van der Waals surface area (Å²) in [6, 6.07) is 1.81. The Bertz CT molecular complexity index is 347. The Hall–Kier alpha value is -0.870. The highest BCUT2D eigenvalue weighted by molar-refractivity contribution is 6.29. The van der Waals surface area contributed by atoms with Gasteiger partial charge < -0.3 is 9.64 Å². The molecule has 4 nitrogen and oxygen atoms in total. The van der Waals surface area contributed by atoms with Crippen molar-refractivity contribution in [1.82, 2.24) is 9.97 Å². The molecule has 5 heteroatoms. The Morgan fingerprint density at radius 2 is 2.12 bits per heavy atom. The summed E-state index contributed by atoms with van der Waals surface area (Å²) in [4.78, 5) is 10.9. The van der Waals surface area contributed by atoms with Gasteiger partial charge in [-0.1, -0.05) is 18.5 Å². The van der Waals surface area contributed by atoms with Gasteiger partial charge in [-0.3, -0.25) is 0 Å². The number of hydrogen-bond acceptors (Lipinski definition) is 4. The topological polar surface area (TPSA) is 38.2 Å². The maximum atomic E-state index is 6.01. The molecule has 0 radical (unpaired) electrons. The van der Waals surface area contributed by atoms with Crippen molar-refractivity contribution >= 4 is 17.4 Å². The number of methoxy groups -OCH3 is 1. The van der Waals surface area contributed by atoms with Crippen molar-refractivity contribution in [3.8, 4) is 0 Å². The van der Waals surface area contributed by atoms with E-state index in [4.69, 9.17) is 16.3 Å². The molecule has 0 aliphatic heterocycles. The smallest absolute Gasteiger partial charge is 0.134 e. The number of hydrogen-bond donors (Lipinski definition) is 0. The molecular weight excluding hydrogens is 238 g/mol. The molecule has 0 saturated carbocycles. The largest absolute Gasteiger partial charge is 0.383 e. The van der Waals surface area contributed by atoms with Gasteiger partial charge in [-0.2, -0.15) is 0 Å². The van der Waals surface area contributed by atoms with Gasteiger partial charge in [0.05, 0.1) is 6.61 Å². The molecule has 0 atom stereocenters. The lowest BCUT2D eigenvalue weighted by molar-refractivity contribution is 0.205. The SMILES string of the molecule is CCCc1nc(Cl)cc(N(CC)CCOC)n1. The molecule has 0 N–H and O–H groups in total. The number of aryl methyl sites for hydroxylation is 1. The van der Waals surface area contributed by atoms with Crippen LogP contribution in [0.4, 0.5) is 5.82 Å². The molecule has 0 aliphatic carbocycles. The summed E-state index contributed by atoms with van der Waals surface area (Å²) in [5.74, 6) is 1.69. The Balaban J connectivity index is 2.85. The zero-order chi connectivity index (χ0) is 12.7. The van der Waals surface area contributed by atoms with Crippen LogP contribution in [0.3, 0.4) is 0 Å². The molecule has 1 aromatic rings. The number of anilines is 1. The van der Waals surface area contributed by atoms with E-state index < -0.39 is 0 Å². The summed E-state index contributed by atoms with van der Waals surface area (Å²) in [6.45, 7) is 6.56. The van der Waals surface area contributed by atoms with Crippen molar-refractivity contribution in [2.75, 3.05) is 31.7 Å². The molecule has 17 heavy (non-hydrogen) atoms. The minimum Gasteiger partial charge on any atom is -0.383 e. The van der Waals surface area contributed by atoms with E-state index in [1.807, 2.05) is 0 Å². The third-order valence-corrected chi connectivity index (χ3v) is 2.67. The quantitative estimate of drug-likeness (QED) is 0.704. The van der Waals surface area contributed by atoms with Gasteiger partial charge in [-0.05, 0) is 13.3 Å². The minimum atomic E-state index is 0.509. The minimum absolute atomic E-state index is 0.509. The third kappa shape index (κ3) is 4.48. The predicted molar refractivity (Wildman–Crippen MR) is 70.8 cm³/mol. The zero-order valence-electron chi connectivity index (χ0n) is 10.7. The van der Waals surface area contributed by atoms with Gasteiger partial charge in [-0.25, -0.2) is 9.97 Å². The Morgan fingerprint density at radius 1 is 1.35 bits per heavy atom. The van der Waals surface area contributed by atoms with Crippen LogP contribution in [0.15, 0.2) is 6.07 Å². The fourth-order valence-corrected chi connectivity index (χ4v) is 1.78. The number of likely N-dealkylation sites (N-methyl/N-ethyl adjacent to an activating group) is 1. The fourth-order valence-electron chi connectivity index (χ4n) is 1.59. The van der Waals surface area contributed by atoms with Crippen LogP contribution >= 0.6 is 11.6 Å². The molecule has 1 heterocycles. The van der Waals surface area contributed by atoms with Gasteiger partial charge >= 0.3 is 0 Å². The molecule has 96 valence electrons. The molecule has 0 aromatic carbocycles. The Kier molecular flexibility index (Phi) is 6.22. The van der Waals surface area contributed by atoms with E-state index in [-0.39, 0.29) is 0 Å². The molecule has 0 amide bonds. The Labute approximate surface area is 108 Å². The molecular formula is C12H20ClN3O. The van der Waals surface area contributed by atoms with Crippen LogP contribution in [0.5, 0.6) is 0 Å². The van der Waals surface area contributed by atoms with E-state index in [9.17, 15) is 0 Å². The van der Waals surface area contributed by atoms with Crippen molar-refractivity contribution in [2.24, 2.45) is 0 Å². The van der Waals surface area contributed by atoms with E-state index >= 15 is 0 Å². The van der Waals surface area contributed by atoms with Crippen LogP contribution in [0, 0.1) is 0 Å². The first-order chi connectivity index (χ1) is 8.21. The highest BCUT2D eigenvalue weighted by Crippen LogP contribution is 2.16. The monoisotopic (exact) mass is 257 g/mol. The predicted octanol–water partition coefficient (Wildman–Crippen LogP) is 2.56. The van der Waals surface area contributed by atoms with Gasteiger partial charge in [-0.15, -0.1) is 0 Å². The maximum Gasteiger partial charge on any atom is 0.134 e. The first kappa shape index (κ1) is 14.2. The lowest BCUT2D eigenvalue weighted by atomic mass is 10.3. The highest BCUT2D eigenvalue weighted by Gasteiger charge is 2.09. The molecule has 0 fully saturated rings. The van der Waals surface area contributed by atoms with Crippen LogP contribution < -0.4 is 4.90 Å². The normalized spacial score (nSPS) is 10.6. The summed E-state index contributed by atoms with van der Waals surface area (Å²) in [6.07, 6.45) is 1.87. The third-order valence-electron chi connectivity index (χ3n) is 2.47. The van der Waals surface area contributed by atoms with Crippen molar-refractivity contribution < 1.29 is 4.74 Å². The summed E-state index contributed by atoms with van der Waals surface area (Å²) in [5.41, 5.74) is 0. The lowest BCUT2D eigenvalue weighted by Gasteiger charge is -2.21. The van der Waals surface area contributed by atoms with Crippen LogP contribution in [0.25, 0.3) is 0 Å². The van der Waals surface area contributed by atoms with Crippen LogP contribution in [-0.4, -0.2) is 36.8 Å². The van der Waals surface area contributed by atoms with Gasteiger partial charge in [0, 0.05) is 32.7 Å². The first-order valence-electron chi connectivity index (χ1n) is 5.98. The van der Waals surface area contributed by atoms with Crippen molar-refractivity contribution in [3.63, 3.8) is 0 Å². The Morgan fingerprint density at radius 3 is 2.71 bits per heavy atom. The second-order valence-corrected chi connectivity index (χ2v) is 4.17. The van der Waals surface area contributed by atoms with Gasteiger partial charge in [0.1, 0.15) is 16.8 Å². The summed E-state index contributed by atoms with van der Waals surface area (Å²) in [7, 11) is 1.70. The molecule has 1 aromatic heterocycles.